The molecule has 1 aliphatic heterocycles. The average molecular weight is 403 g/mol. The van der Waals surface area contributed by atoms with Gasteiger partial charge in [0, 0.05) is 30.4 Å². The molecular weight excluding hydrogens is 378 g/mol. The minimum absolute atomic E-state index is 0.206. The van der Waals surface area contributed by atoms with Crippen LogP contribution < -0.4 is 10.2 Å². The van der Waals surface area contributed by atoms with Gasteiger partial charge >= 0.3 is 0 Å². The molecule has 2 aromatic heterocycles. The maximum Gasteiger partial charge on any atom is 0.248 e. The van der Waals surface area contributed by atoms with Crippen molar-refractivity contribution in [2.24, 2.45) is 0 Å². The number of carbonyl (C=O) groups excluding carboxylic acids is 1. The molecule has 0 atom stereocenters. The van der Waals surface area contributed by atoms with Gasteiger partial charge in [-0.1, -0.05) is 18.2 Å². The van der Waals surface area contributed by atoms with Crippen LogP contribution in [0.2, 0.25) is 0 Å². The lowest BCUT2D eigenvalue weighted by Crippen LogP contribution is -2.36. The van der Waals surface area contributed by atoms with Gasteiger partial charge < -0.3 is 15.0 Å². The molecule has 1 fully saturated rings. The van der Waals surface area contributed by atoms with E-state index >= 15 is 0 Å². The number of para-hydroxylation sites is 1. The van der Waals surface area contributed by atoms with Gasteiger partial charge in [-0.2, -0.15) is 5.10 Å². The second-order valence-electron chi connectivity index (χ2n) is 7.16. The maximum atomic E-state index is 12.4. The van der Waals surface area contributed by atoms with Gasteiger partial charge in [0.25, 0.3) is 0 Å². The number of aromatic nitrogens is 3. The van der Waals surface area contributed by atoms with Gasteiger partial charge in [0.05, 0.1) is 36.5 Å². The van der Waals surface area contributed by atoms with Crippen molar-refractivity contribution in [3.05, 3.63) is 71.7 Å². The lowest BCUT2D eigenvalue weighted by atomic mass is 10.2. The van der Waals surface area contributed by atoms with Crippen molar-refractivity contribution in [2.75, 3.05) is 36.5 Å². The van der Waals surface area contributed by atoms with Gasteiger partial charge in [0.2, 0.25) is 5.91 Å². The monoisotopic (exact) mass is 403 g/mol. The Balaban J connectivity index is 1.42. The summed E-state index contributed by atoms with van der Waals surface area (Å²) >= 11 is 0. The quantitative estimate of drug-likeness (QED) is 0.662. The van der Waals surface area contributed by atoms with E-state index in [1.165, 1.54) is 6.08 Å². The number of benzene rings is 1. The van der Waals surface area contributed by atoms with E-state index in [2.05, 4.69) is 20.3 Å². The maximum absolute atomic E-state index is 12.4. The van der Waals surface area contributed by atoms with Crippen molar-refractivity contribution in [1.29, 1.82) is 0 Å². The summed E-state index contributed by atoms with van der Waals surface area (Å²) in [5, 5.41) is 7.47. The number of nitrogens with zero attached hydrogens (tertiary/aromatic N) is 4. The zero-order chi connectivity index (χ0) is 20.9. The van der Waals surface area contributed by atoms with Crippen molar-refractivity contribution >= 4 is 23.5 Å². The molecule has 0 radical (unpaired) electrons. The summed E-state index contributed by atoms with van der Waals surface area (Å²) < 4.78 is 7.25. The van der Waals surface area contributed by atoms with E-state index in [1.54, 1.807) is 6.20 Å². The Morgan fingerprint density at radius 1 is 1.10 bits per heavy atom. The Morgan fingerprint density at radius 3 is 2.57 bits per heavy atom. The van der Waals surface area contributed by atoms with Crippen molar-refractivity contribution < 1.29 is 9.53 Å². The lowest BCUT2D eigenvalue weighted by molar-refractivity contribution is -0.111. The Bertz CT molecular complexity index is 1040. The number of nitrogens with one attached hydrogen (secondary N) is 1. The number of aryl methyl sites for hydroxylation is 1. The van der Waals surface area contributed by atoms with E-state index in [-0.39, 0.29) is 5.91 Å². The number of ether oxygens (including phenoxy) is 1. The van der Waals surface area contributed by atoms with Crippen LogP contribution in [0.15, 0.2) is 54.7 Å². The SMILES string of the molecule is Cc1nn(-c2ccccc2)c(C)c1C=CC(=O)Nc1ccc(N2CCOCC2)nc1. The predicted octanol–water partition coefficient (Wildman–Crippen LogP) is 3.37. The number of anilines is 2. The van der Waals surface area contributed by atoms with Crippen LogP contribution >= 0.6 is 0 Å². The van der Waals surface area contributed by atoms with E-state index in [0.29, 0.717) is 18.9 Å². The Labute approximate surface area is 176 Å². The highest BCUT2D eigenvalue weighted by Gasteiger charge is 2.13. The summed E-state index contributed by atoms with van der Waals surface area (Å²) in [6, 6.07) is 13.7. The first-order chi connectivity index (χ1) is 14.6. The van der Waals surface area contributed by atoms with E-state index < -0.39 is 0 Å². The molecular formula is C23H25N5O2. The van der Waals surface area contributed by atoms with Crippen molar-refractivity contribution in [3.8, 4) is 5.69 Å². The van der Waals surface area contributed by atoms with E-state index in [1.807, 2.05) is 67.1 Å². The number of carbonyl (C=O) groups is 1. The molecule has 7 nitrogen and oxygen atoms in total. The molecule has 0 unspecified atom stereocenters. The van der Waals surface area contributed by atoms with Crippen LogP contribution in [0.25, 0.3) is 11.8 Å². The third kappa shape index (κ3) is 4.41. The molecule has 1 saturated heterocycles. The normalized spacial score (nSPS) is 14.3. The molecule has 0 spiro atoms. The highest BCUT2D eigenvalue weighted by Crippen LogP contribution is 2.19. The fourth-order valence-corrected chi connectivity index (χ4v) is 3.50. The lowest BCUT2D eigenvalue weighted by Gasteiger charge is -2.27. The third-order valence-corrected chi connectivity index (χ3v) is 5.10. The molecule has 0 saturated carbocycles. The van der Waals surface area contributed by atoms with Gasteiger partial charge in [0.15, 0.2) is 0 Å². The summed E-state index contributed by atoms with van der Waals surface area (Å²) in [7, 11) is 0. The van der Waals surface area contributed by atoms with Gasteiger partial charge in [-0.3, -0.25) is 4.79 Å². The van der Waals surface area contributed by atoms with Gasteiger partial charge in [-0.05, 0) is 44.2 Å². The molecule has 0 bridgehead atoms. The Kier molecular flexibility index (Phi) is 5.90. The smallest absolute Gasteiger partial charge is 0.248 e. The van der Waals surface area contributed by atoms with Crippen LogP contribution in [0.5, 0.6) is 0 Å². The second-order valence-corrected chi connectivity index (χ2v) is 7.16. The summed E-state index contributed by atoms with van der Waals surface area (Å²) in [4.78, 5) is 19.0. The molecule has 1 amide bonds. The largest absolute Gasteiger partial charge is 0.378 e. The first-order valence-corrected chi connectivity index (χ1v) is 10.0. The molecule has 1 aromatic carbocycles. The second kappa shape index (κ2) is 8.92. The van der Waals surface area contributed by atoms with Crippen molar-refractivity contribution in [2.45, 2.75) is 13.8 Å². The first kappa shape index (κ1) is 19.8. The minimum Gasteiger partial charge on any atom is -0.378 e. The molecule has 7 heteroatoms. The predicted molar refractivity (Wildman–Crippen MR) is 118 cm³/mol. The summed E-state index contributed by atoms with van der Waals surface area (Å²) in [6.45, 7) is 7.03. The van der Waals surface area contributed by atoms with Crippen molar-refractivity contribution in [1.82, 2.24) is 14.8 Å². The van der Waals surface area contributed by atoms with Crippen LogP contribution in [-0.2, 0) is 9.53 Å². The van der Waals surface area contributed by atoms with Crippen LogP contribution in [0.1, 0.15) is 17.0 Å². The molecule has 4 rings (SSSR count). The number of rotatable bonds is 5. The van der Waals surface area contributed by atoms with Crippen LogP contribution in [0, 0.1) is 13.8 Å². The average Bonchev–Trinajstić information content (AvgIpc) is 3.07. The molecule has 154 valence electrons. The highest BCUT2D eigenvalue weighted by atomic mass is 16.5. The molecule has 30 heavy (non-hydrogen) atoms. The molecule has 1 aliphatic rings. The summed E-state index contributed by atoms with van der Waals surface area (Å²) in [5.41, 5.74) is 4.45. The number of amides is 1. The van der Waals surface area contributed by atoms with Crippen LogP contribution in [0.4, 0.5) is 11.5 Å². The summed E-state index contributed by atoms with van der Waals surface area (Å²) in [6.07, 6.45) is 5.02. The van der Waals surface area contributed by atoms with Crippen LogP contribution in [0.3, 0.4) is 0 Å². The molecule has 0 aliphatic carbocycles. The standard InChI is InChI=1S/C23H25N5O2/c1-17-21(18(2)28(26-17)20-6-4-3-5-7-20)9-11-23(29)25-19-8-10-22(24-16-19)27-12-14-30-15-13-27/h3-11,16H,12-15H2,1-2H3,(H,25,29). The molecule has 3 aromatic rings. The third-order valence-electron chi connectivity index (χ3n) is 5.10. The van der Waals surface area contributed by atoms with Crippen LogP contribution in [-0.4, -0.2) is 47.0 Å². The molecule has 3 heterocycles. The number of hydrogen-bond donors (Lipinski definition) is 1. The number of morpholine rings is 1. The number of hydrogen-bond acceptors (Lipinski definition) is 5. The van der Waals surface area contributed by atoms with E-state index in [9.17, 15) is 4.79 Å². The van der Waals surface area contributed by atoms with Gasteiger partial charge in [0.1, 0.15) is 5.82 Å². The minimum atomic E-state index is -0.206. The Hall–Kier alpha value is -3.45. The fraction of sp³-hybridized carbons (Fsp3) is 0.261. The zero-order valence-electron chi connectivity index (χ0n) is 17.2. The highest BCUT2D eigenvalue weighted by molar-refractivity contribution is 6.02. The topological polar surface area (TPSA) is 72.3 Å². The van der Waals surface area contributed by atoms with Gasteiger partial charge in [-0.25, -0.2) is 9.67 Å². The number of pyridine rings is 1. The molecule has 1 N–H and O–H groups in total. The summed E-state index contributed by atoms with van der Waals surface area (Å²) in [5.74, 6) is 0.689. The van der Waals surface area contributed by atoms with Crippen molar-refractivity contribution in [3.63, 3.8) is 0 Å². The van der Waals surface area contributed by atoms with E-state index in [4.69, 9.17) is 4.74 Å². The fourth-order valence-electron chi connectivity index (χ4n) is 3.50. The zero-order valence-corrected chi connectivity index (χ0v) is 17.2. The first-order valence-electron chi connectivity index (χ1n) is 10.0. The Morgan fingerprint density at radius 2 is 1.87 bits per heavy atom. The van der Waals surface area contributed by atoms with Gasteiger partial charge in [-0.15, -0.1) is 0 Å². The van der Waals surface area contributed by atoms with E-state index in [0.717, 1.165) is 41.5 Å².